The second-order valence-electron chi connectivity index (χ2n) is 7.47. The quantitative estimate of drug-likeness (QED) is 0.599. The summed E-state index contributed by atoms with van der Waals surface area (Å²) in [6.45, 7) is 3.92. The van der Waals surface area contributed by atoms with Crippen molar-refractivity contribution in [2.75, 3.05) is 13.1 Å². The lowest BCUT2D eigenvalue weighted by Gasteiger charge is -2.32. The van der Waals surface area contributed by atoms with Gasteiger partial charge in [0.15, 0.2) is 0 Å². The molecule has 2 aromatic carbocycles. The number of carbonyl (C=O) groups excluding carboxylic acids is 1. The van der Waals surface area contributed by atoms with Crippen LogP contribution in [0.4, 0.5) is 0 Å². The number of rotatable bonds is 5. The Labute approximate surface area is 188 Å². The van der Waals surface area contributed by atoms with Crippen LogP contribution in [-0.2, 0) is 16.6 Å². The third-order valence-corrected chi connectivity index (χ3v) is 6.42. The largest absolute Gasteiger partial charge is 0.351 e. The van der Waals surface area contributed by atoms with E-state index in [0.29, 0.717) is 6.42 Å². The number of hydrogen-bond donors (Lipinski definition) is 2. The number of aromatic nitrogens is 1. The molecule has 156 valence electrons. The van der Waals surface area contributed by atoms with Crippen molar-refractivity contribution >= 4 is 52.3 Å². The molecule has 1 aliphatic rings. The molecule has 4 nitrogen and oxygen atoms in total. The third-order valence-electron chi connectivity index (χ3n) is 5.39. The zero-order chi connectivity index (χ0) is 18.7. The summed E-state index contributed by atoms with van der Waals surface area (Å²) in [6, 6.07) is 18.4. The Morgan fingerprint density at radius 2 is 1.90 bits per heavy atom. The van der Waals surface area contributed by atoms with Crippen molar-refractivity contribution in [2.24, 2.45) is 0 Å². The van der Waals surface area contributed by atoms with E-state index in [1.54, 1.807) is 11.3 Å². The maximum atomic E-state index is 13.4. The van der Waals surface area contributed by atoms with E-state index in [4.69, 9.17) is 4.98 Å². The molecule has 2 N–H and O–H groups in total. The SMILES string of the molecule is CC(Cc1nc2ccccc2s1)(C(=O)N[C@H]1CCCNC1)c1ccccc1.Cl.Cl. The first kappa shape index (κ1) is 23.6. The van der Waals surface area contributed by atoms with Crippen LogP contribution in [0.2, 0.25) is 0 Å². The fourth-order valence-electron chi connectivity index (χ4n) is 3.74. The van der Waals surface area contributed by atoms with Gasteiger partial charge in [-0.05, 0) is 44.0 Å². The summed E-state index contributed by atoms with van der Waals surface area (Å²) < 4.78 is 1.17. The van der Waals surface area contributed by atoms with E-state index in [0.717, 1.165) is 42.0 Å². The van der Waals surface area contributed by atoms with Crippen molar-refractivity contribution in [1.29, 1.82) is 0 Å². The Kier molecular flexibility index (Phi) is 8.46. The second kappa shape index (κ2) is 10.4. The normalized spacial score (nSPS) is 18.2. The number of nitrogens with zero attached hydrogens (tertiary/aromatic N) is 1. The van der Waals surface area contributed by atoms with E-state index in [2.05, 4.69) is 16.7 Å². The number of piperidine rings is 1. The number of benzene rings is 2. The van der Waals surface area contributed by atoms with Crippen LogP contribution in [-0.4, -0.2) is 30.0 Å². The first-order valence-corrected chi connectivity index (χ1v) is 10.4. The second-order valence-corrected chi connectivity index (χ2v) is 8.58. The molecule has 29 heavy (non-hydrogen) atoms. The highest BCUT2D eigenvalue weighted by Gasteiger charge is 2.37. The third kappa shape index (κ3) is 5.28. The van der Waals surface area contributed by atoms with Gasteiger partial charge in [-0.2, -0.15) is 0 Å². The summed E-state index contributed by atoms with van der Waals surface area (Å²) in [6.07, 6.45) is 2.73. The minimum absolute atomic E-state index is 0. The summed E-state index contributed by atoms with van der Waals surface area (Å²) in [5.74, 6) is 0.0849. The Morgan fingerprint density at radius 1 is 1.17 bits per heavy atom. The zero-order valence-electron chi connectivity index (χ0n) is 16.4. The Balaban J connectivity index is 0.00000150. The van der Waals surface area contributed by atoms with Crippen LogP contribution in [0.1, 0.15) is 30.3 Å². The molecule has 2 heterocycles. The van der Waals surface area contributed by atoms with Crippen LogP contribution in [0.15, 0.2) is 54.6 Å². The van der Waals surface area contributed by atoms with Crippen molar-refractivity contribution < 1.29 is 4.79 Å². The molecule has 4 rings (SSSR count). The van der Waals surface area contributed by atoms with E-state index in [-0.39, 0.29) is 36.8 Å². The van der Waals surface area contributed by atoms with Crippen molar-refractivity contribution in [3.63, 3.8) is 0 Å². The van der Waals surface area contributed by atoms with E-state index in [1.165, 1.54) is 4.70 Å². The maximum Gasteiger partial charge on any atom is 0.231 e. The van der Waals surface area contributed by atoms with Gasteiger partial charge < -0.3 is 10.6 Å². The zero-order valence-corrected chi connectivity index (χ0v) is 18.8. The first-order chi connectivity index (χ1) is 13.1. The highest BCUT2D eigenvalue weighted by atomic mass is 35.5. The molecule has 1 saturated heterocycles. The van der Waals surface area contributed by atoms with Crippen LogP contribution in [0, 0.1) is 0 Å². The van der Waals surface area contributed by atoms with Gasteiger partial charge in [-0.1, -0.05) is 42.5 Å². The predicted octanol–water partition coefficient (Wildman–Crippen LogP) is 4.51. The molecular formula is C22H27Cl2N3OS. The molecule has 1 fully saturated rings. The molecule has 1 aliphatic heterocycles. The Bertz CT molecular complexity index is 895. The lowest BCUT2D eigenvalue weighted by atomic mass is 9.78. The average Bonchev–Trinajstić information content (AvgIpc) is 3.11. The van der Waals surface area contributed by atoms with E-state index < -0.39 is 5.41 Å². The lowest BCUT2D eigenvalue weighted by molar-refractivity contribution is -0.127. The predicted molar refractivity (Wildman–Crippen MR) is 126 cm³/mol. The number of para-hydroxylation sites is 1. The molecule has 0 aliphatic carbocycles. The average molecular weight is 452 g/mol. The summed E-state index contributed by atoms with van der Waals surface area (Å²) in [5, 5.41) is 7.66. The van der Waals surface area contributed by atoms with Crippen LogP contribution < -0.4 is 10.6 Å². The number of fused-ring (bicyclic) bond motifs is 1. The number of thiazole rings is 1. The van der Waals surface area contributed by atoms with Gasteiger partial charge in [0.1, 0.15) is 0 Å². The van der Waals surface area contributed by atoms with Gasteiger partial charge >= 0.3 is 0 Å². The molecule has 3 aromatic rings. The molecule has 0 saturated carbocycles. The first-order valence-electron chi connectivity index (χ1n) is 9.57. The van der Waals surface area contributed by atoms with Crippen molar-refractivity contribution in [2.45, 2.75) is 37.6 Å². The maximum absolute atomic E-state index is 13.4. The van der Waals surface area contributed by atoms with Crippen LogP contribution in [0.25, 0.3) is 10.2 Å². The molecule has 2 atom stereocenters. The molecule has 0 spiro atoms. The fourth-order valence-corrected chi connectivity index (χ4v) is 4.86. The van der Waals surface area contributed by atoms with Gasteiger partial charge in [-0.15, -0.1) is 36.2 Å². The molecule has 7 heteroatoms. The van der Waals surface area contributed by atoms with Crippen molar-refractivity contribution in [3.05, 3.63) is 65.2 Å². The van der Waals surface area contributed by atoms with E-state index in [1.807, 2.05) is 55.5 Å². The smallest absolute Gasteiger partial charge is 0.231 e. The Hall–Kier alpha value is -1.66. The lowest BCUT2D eigenvalue weighted by Crippen LogP contribution is -2.52. The highest BCUT2D eigenvalue weighted by molar-refractivity contribution is 7.18. The van der Waals surface area contributed by atoms with Crippen LogP contribution in [0.5, 0.6) is 0 Å². The number of halogens is 2. The van der Waals surface area contributed by atoms with Crippen LogP contribution >= 0.6 is 36.2 Å². The van der Waals surface area contributed by atoms with E-state index in [9.17, 15) is 4.79 Å². The summed E-state index contributed by atoms with van der Waals surface area (Å²) in [5.41, 5.74) is 1.39. The number of hydrogen-bond acceptors (Lipinski definition) is 4. The van der Waals surface area contributed by atoms with Gasteiger partial charge in [0, 0.05) is 19.0 Å². The van der Waals surface area contributed by atoms with Gasteiger partial charge in [0.2, 0.25) is 5.91 Å². The van der Waals surface area contributed by atoms with Crippen LogP contribution in [0.3, 0.4) is 0 Å². The number of nitrogens with one attached hydrogen (secondary N) is 2. The minimum atomic E-state index is -0.646. The number of carbonyl (C=O) groups is 1. The molecule has 1 aromatic heterocycles. The molecule has 1 unspecified atom stereocenters. The molecule has 1 amide bonds. The van der Waals surface area contributed by atoms with Gasteiger partial charge in [-0.25, -0.2) is 4.98 Å². The monoisotopic (exact) mass is 451 g/mol. The van der Waals surface area contributed by atoms with Gasteiger partial charge in [0.05, 0.1) is 20.6 Å². The molecule has 0 radical (unpaired) electrons. The van der Waals surface area contributed by atoms with Crippen molar-refractivity contribution in [1.82, 2.24) is 15.6 Å². The topological polar surface area (TPSA) is 54.0 Å². The van der Waals surface area contributed by atoms with Gasteiger partial charge in [0.25, 0.3) is 0 Å². The molecular weight excluding hydrogens is 425 g/mol. The standard InChI is InChI=1S/C22H25N3OS.2ClH/c1-22(16-8-3-2-4-9-16,21(26)24-17-10-7-13-23-15-17)14-20-25-18-11-5-6-12-19(18)27-20;;/h2-6,8-9,11-12,17,23H,7,10,13-15H2,1H3,(H,24,26);2*1H/t17-,22?;;/m0../s1. The highest BCUT2D eigenvalue weighted by Crippen LogP contribution is 2.32. The fraction of sp³-hybridized carbons (Fsp3) is 0.364. The summed E-state index contributed by atoms with van der Waals surface area (Å²) >= 11 is 1.68. The van der Waals surface area contributed by atoms with Crippen molar-refractivity contribution in [3.8, 4) is 0 Å². The van der Waals surface area contributed by atoms with E-state index >= 15 is 0 Å². The minimum Gasteiger partial charge on any atom is -0.351 e. The number of amides is 1. The summed E-state index contributed by atoms with van der Waals surface area (Å²) in [4.78, 5) is 18.2. The Morgan fingerprint density at radius 3 is 2.59 bits per heavy atom. The molecule has 0 bridgehead atoms. The van der Waals surface area contributed by atoms with Gasteiger partial charge in [-0.3, -0.25) is 4.79 Å². The summed E-state index contributed by atoms with van der Waals surface area (Å²) in [7, 11) is 0.